The van der Waals surface area contributed by atoms with Crippen molar-refractivity contribution in [3.8, 4) is 0 Å². The monoisotopic (exact) mass is 374 g/mol. The van der Waals surface area contributed by atoms with Gasteiger partial charge < -0.3 is 4.90 Å². The number of benzene rings is 2. The van der Waals surface area contributed by atoms with Crippen molar-refractivity contribution in [2.45, 2.75) is 40.0 Å². The summed E-state index contributed by atoms with van der Waals surface area (Å²) in [5.74, 6) is -0.417. The first-order valence-corrected chi connectivity index (χ1v) is 9.99. The summed E-state index contributed by atoms with van der Waals surface area (Å²) in [5.41, 5.74) is 5.69. The number of hydrogen-bond acceptors (Lipinski definition) is 3. The molecule has 28 heavy (non-hydrogen) atoms. The molecule has 4 nitrogen and oxygen atoms in total. The Kier molecular flexibility index (Phi) is 4.80. The number of hydrogen-bond donors (Lipinski definition) is 0. The summed E-state index contributed by atoms with van der Waals surface area (Å²) in [5, 5.41) is 0. The lowest BCUT2D eigenvalue weighted by atomic mass is 10.0. The highest BCUT2D eigenvalue weighted by atomic mass is 16.2. The number of nitrogens with zero attached hydrogens (tertiary/aromatic N) is 2. The molecule has 4 rings (SSSR count). The van der Waals surface area contributed by atoms with Crippen molar-refractivity contribution in [2.24, 2.45) is 0 Å². The largest absolute Gasteiger partial charge is 0.366 e. The van der Waals surface area contributed by atoms with Crippen LogP contribution in [0.4, 0.5) is 5.69 Å². The van der Waals surface area contributed by atoms with Gasteiger partial charge in [-0.1, -0.05) is 42.0 Å². The lowest BCUT2D eigenvalue weighted by Gasteiger charge is -2.29. The van der Waals surface area contributed by atoms with Crippen molar-refractivity contribution >= 4 is 23.1 Å². The van der Waals surface area contributed by atoms with Crippen molar-refractivity contribution in [2.75, 3.05) is 18.0 Å². The minimum absolute atomic E-state index is 0.198. The molecule has 2 heterocycles. The first-order chi connectivity index (χ1) is 13.5. The smallest absolute Gasteiger partial charge is 0.282 e. The summed E-state index contributed by atoms with van der Waals surface area (Å²) >= 11 is 0. The van der Waals surface area contributed by atoms with Gasteiger partial charge in [-0.3, -0.25) is 9.59 Å². The van der Waals surface area contributed by atoms with Crippen LogP contribution in [0.5, 0.6) is 0 Å². The van der Waals surface area contributed by atoms with Gasteiger partial charge in [-0.05, 0) is 62.8 Å². The fraction of sp³-hybridized carbons (Fsp3) is 0.333. The van der Waals surface area contributed by atoms with Crippen LogP contribution in [0.15, 0.2) is 48.2 Å². The molecule has 1 fully saturated rings. The molecule has 0 spiro atoms. The summed E-state index contributed by atoms with van der Waals surface area (Å²) in [6, 6.07) is 13.8. The molecule has 2 aliphatic rings. The Bertz CT molecular complexity index is 967. The van der Waals surface area contributed by atoms with Crippen LogP contribution in [0.25, 0.3) is 5.57 Å². The highest BCUT2D eigenvalue weighted by Gasteiger charge is 2.43. The van der Waals surface area contributed by atoms with Crippen LogP contribution in [-0.4, -0.2) is 29.8 Å². The number of carbonyl (C=O) groups is 2. The van der Waals surface area contributed by atoms with E-state index in [4.69, 9.17) is 0 Å². The van der Waals surface area contributed by atoms with E-state index in [0.29, 0.717) is 17.0 Å². The zero-order valence-corrected chi connectivity index (χ0v) is 16.8. The maximum absolute atomic E-state index is 13.5. The van der Waals surface area contributed by atoms with E-state index >= 15 is 0 Å². The van der Waals surface area contributed by atoms with E-state index in [1.807, 2.05) is 63.2 Å². The van der Waals surface area contributed by atoms with Gasteiger partial charge >= 0.3 is 0 Å². The molecule has 2 amide bonds. The van der Waals surface area contributed by atoms with E-state index in [1.54, 1.807) is 0 Å². The molecule has 0 atom stereocenters. The predicted octanol–water partition coefficient (Wildman–Crippen LogP) is 4.38. The van der Waals surface area contributed by atoms with Crippen molar-refractivity contribution < 1.29 is 9.59 Å². The highest BCUT2D eigenvalue weighted by molar-refractivity contribution is 6.45. The van der Waals surface area contributed by atoms with Gasteiger partial charge in [-0.15, -0.1) is 0 Å². The number of amides is 2. The number of carbonyl (C=O) groups excluding carboxylic acids is 2. The Morgan fingerprint density at radius 2 is 1.39 bits per heavy atom. The third kappa shape index (κ3) is 3.13. The zero-order valence-electron chi connectivity index (χ0n) is 16.8. The summed E-state index contributed by atoms with van der Waals surface area (Å²) in [7, 11) is 0. The van der Waals surface area contributed by atoms with Gasteiger partial charge in [0.05, 0.1) is 11.3 Å². The molecular formula is C24H26N2O2. The molecular weight excluding hydrogens is 348 g/mol. The second-order valence-corrected chi connectivity index (χ2v) is 7.87. The van der Waals surface area contributed by atoms with Crippen LogP contribution >= 0.6 is 0 Å². The van der Waals surface area contributed by atoms with E-state index in [9.17, 15) is 9.59 Å². The summed E-state index contributed by atoms with van der Waals surface area (Å²) in [4.78, 5) is 30.6. The molecule has 0 N–H and O–H groups in total. The Morgan fingerprint density at radius 3 is 2.07 bits per heavy atom. The predicted molar refractivity (Wildman–Crippen MR) is 112 cm³/mol. The molecule has 0 radical (unpaired) electrons. The Morgan fingerprint density at radius 1 is 0.750 bits per heavy atom. The quantitative estimate of drug-likeness (QED) is 0.749. The fourth-order valence-electron chi connectivity index (χ4n) is 4.09. The summed E-state index contributed by atoms with van der Waals surface area (Å²) < 4.78 is 0. The average Bonchev–Trinajstić information content (AvgIpc) is 2.95. The number of piperidine rings is 1. The third-order valence-electron chi connectivity index (χ3n) is 5.68. The SMILES string of the molecule is Cc1ccc(C2=C(N3CCCCC3)C(=O)N(c3cc(C)ccc3C)C2=O)cc1. The normalized spacial score (nSPS) is 17.7. The number of rotatable bonds is 3. The van der Waals surface area contributed by atoms with E-state index < -0.39 is 0 Å². The molecule has 1 saturated heterocycles. The van der Waals surface area contributed by atoms with Gasteiger partial charge in [-0.25, -0.2) is 4.90 Å². The molecule has 0 unspecified atom stereocenters. The van der Waals surface area contributed by atoms with E-state index in [2.05, 4.69) is 4.90 Å². The number of anilines is 1. The summed E-state index contributed by atoms with van der Waals surface area (Å²) in [6.07, 6.45) is 3.28. The third-order valence-corrected chi connectivity index (χ3v) is 5.68. The standard InChI is InChI=1S/C24H26N2O2/c1-16-8-11-19(12-9-16)21-22(25-13-5-4-6-14-25)24(28)26(23(21)27)20-15-17(2)7-10-18(20)3/h7-12,15H,4-6,13-14H2,1-3H3. The summed E-state index contributed by atoms with van der Waals surface area (Å²) in [6.45, 7) is 7.59. The van der Waals surface area contributed by atoms with Gasteiger partial charge in [0.25, 0.3) is 11.8 Å². The maximum Gasteiger partial charge on any atom is 0.282 e. The second-order valence-electron chi connectivity index (χ2n) is 7.87. The molecule has 2 aliphatic heterocycles. The Labute approximate surface area is 166 Å². The molecule has 0 aliphatic carbocycles. The zero-order chi connectivity index (χ0) is 19.8. The van der Waals surface area contributed by atoms with Crippen LogP contribution < -0.4 is 4.90 Å². The van der Waals surface area contributed by atoms with Crippen LogP contribution in [-0.2, 0) is 9.59 Å². The molecule has 0 saturated carbocycles. The van der Waals surface area contributed by atoms with Gasteiger partial charge in [0.1, 0.15) is 5.70 Å². The van der Waals surface area contributed by atoms with Crippen molar-refractivity contribution in [1.29, 1.82) is 0 Å². The molecule has 0 aromatic heterocycles. The first kappa shape index (κ1) is 18.5. The van der Waals surface area contributed by atoms with Gasteiger partial charge in [0, 0.05) is 13.1 Å². The molecule has 2 aromatic carbocycles. The minimum Gasteiger partial charge on any atom is -0.366 e. The van der Waals surface area contributed by atoms with Gasteiger partial charge in [-0.2, -0.15) is 0 Å². The lowest BCUT2D eigenvalue weighted by molar-refractivity contribution is -0.120. The molecule has 0 bridgehead atoms. The van der Waals surface area contributed by atoms with E-state index in [-0.39, 0.29) is 11.8 Å². The Hall–Kier alpha value is -2.88. The molecule has 144 valence electrons. The number of aryl methyl sites for hydroxylation is 3. The first-order valence-electron chi connectivity index (χ1n) is 9.99. The van der Waals surface area contributed by atoms with Crippen LogP contribution in [0.3, 0.4) is 0 Å². The van der Waals surface area contributed by atoms with Crippen LogP contribution in [0.2, 0.25) is 0 Å². The number of likely N-dealkylation sites (tertiary alicyclic amines) is 1. The van der Waals surface area contributed by atoms with Gasteiger partial charge in [0.15, 0.2) is 0 Å². The molecule has 2 aromatic rings. The van der Waals surface area contributed by atoms with Gasteiger partial charge in [0.2, 0.25) is 0 Å². The number of imide groups is 1. The van der Waals surface area contributed by atoms with Crippen LogP contribution in [0, 0.1) is 20.8 Å². The minimum atomic E-state index is -0.219. The van der Waals surface area contributed by atoms with Crippen molar-refractivity contribution in [3.63, 3.8) is 0 Å². The van der Waals surface area contributed by atoms with Crippen LogP contribution in [0.1, 0.15) is 41.5 Å². The maximum atomic E-state index is 13.5. The fourth-order valence-corrected chi connectivity index (χ4v) is 4.09. The van der Waals surface area contributed by atoms with Crippen molar-refractivity contribution in [1.82, 2.24) is 4.90 Å². The second kappa shape index (κ2) is 7.27. The van der Waals surface area contributed by atoms with E-state index in [1.165, 1.54) is 11.3 Å². The highest BCUT2D eigenvalue weighted by Crippen LogP contribution is 2.37. The molecule has 4 heteroatoms. The topological polar surface area (TPSA) is 40.6 Å². The van der Waals surface area contributed by atoms with E-state index in [0.717, 1.165) is 48.2 Å². The average molecular weight is 374 g/mol. The Balaban J connectivity index is 1.85. The lowest BCUT2D eigenvalue weighted by Crippen LogP contribution is -2.37. The van der Waals surface area contributed by atoms with Crippen molar-refractivity contribution in [3.05, 3.63) is 70.4 Å².